The molecule has 0 unspecified atom stereocenters. The Labute approximate surface area is 319 Å². The third kappa shape index (κ3) is 11.8. The van der Waals surface area contributed by atoms with Crippen LogP contribution in [0.3, 0.4) is 0 Å². The van der Waals surface area contributed by atoms with E-state index in [1.54, 1.807) is 54.6 Å². The number of nitrogens with zero attached hydrogens (tertiary/aromatic N) is 3. The van der Waals surface area contributed by atoms with Crippen LogP contribution < -0.4 is 26.6 Å². The van der Waals surface area contributed by atoms with Crippen molar-refractivity contribution in [1.29, 1.82) is 0 Å². The van der Waals surface area contributed by atoms with Gasteiger partial charge in [0.25, 0.3) is 11.8 Å². The maximum absolute atomic E-state index is 13.3. The molecule has 5 aromatic carbocycles. The molecule has 0 aliphatic heterocycles. The van der Waals surface area contributed by atoms with E-state index in [9.17, 15) is 14.7 Å². The number of carbonyl (C=O) groups excluding carboxylic acids is 2. The maximum atomic E-state index is 13.3. The molecule has 6 N–H and O–H groups in total. The van der Waals surface area contributed by atoms with Gasteiger partial charge in [-0.3, -0.25) is 9.59 Å². The van der Waals surface area contributed by atoms with Crippen molar-refractivity contribution in [3.8, 4) is 16.9 Å². The summed E-state index contributed by atoms with van der Waals surface area (Å²) in [6.07, 6.45) is 0. The number of phenols is 1. The zero-order valence-electron chi connectivity index (χ0n) is 30.1. The molecule has 55 heavy (non-hydrogen) atoms. The second kappa shape index (κ2) is 19.9. The van der Waals surface area contributed by atoms with Crippen LogP contribution in [0.1, 0.15) is 26.3 Å². The fraction of sp³-hybridized carbons (Fsp3) is 0.167. The lowest BCUT2D eigenvalue weighted by Crippen LogP contribution is -2.27. The minimum absolute atomic E-state index is 0.135. The first-order valence-corrected chi connectivity index (χ1v) is 17.8. The van der Waals surface area contributed by atoms with Gasteiger partial charge in [0.15, 0.2) is 0 Å². The number of benzene rings is 5. The summed E-state index contributed by atoms with van der Waals surface area (Å²) in [7, 11) is 0. The first-order valence-electron chi connectivity index (χ1n) is 17.8. The van der Waals surface area contributed by atoms with Crippen molar-refractivity contribution in [1.82, 2.24) is 25.6 Å². The van der Waals surface area contributed by atoms with E-state index >= 15 is 0 Å². The lowest BCUT2D eigenvalue weighted by Gasteiger charge is -2.13. The predicted molar refractivity (Wildman–Crippen MR) is 213 cm³/mol. The molecule has 0 saturated heterocycles. The van der Waals surface area contributed by atoms with Crippen molar-refractivity contribution in [2.24, 2.45) is 0 Å². The number of aromatic hydroxyl groups is 1. The lowest BCUT2D eigenvalue weighted by atomic mass is 10.00. The summed E-state index contributed by atoms with van der Waals surface area (Å²) in [6.45, 7) is 2.63. The van der Waals surface area contributed by atoms with E-state index in [2.05, 4.69) is 53.7 Å². The van der Waals surface area contributed by atoms with Crippen LogP contribution in [0.15, 0.2) is 133 Å². The molecule has 0 saturated carbocycles. The Balaban J connectivity index is 1.01. The van der Waals surface area contributed by atoms with Gasteiger partial charge in [0.1, 0.15) is 5.75 Å². The van der Waals surface area contributed by atoms with Crippen LogP contribution in [0.4, 0.5) is 29.2 Å². The van der Waals surface area contributed by atoms with E-state index < -0.39 is 0 Å². The van der Waals surface area contributed by atoms with Crippen LogP contribution in [0.2, 0.25) is 0 Å². The molecule has 6 aromatic rings. The van der Waals surface area contributed by atoms with E-state index in [4.69, 9.17) is 9.47 Å². The summed E-state index contributed by atoms with van der Waals surface area (Å²) in [6, 6.07) is 40.7. The smallest absolute Gasteiger partial charge is 0.251 e. The fourth-order valence-corrected chi connectivity index (χ4v) is 5.44. The number of nitrogens with one attached hydrogen (secondary N) is 5. The first-order chi connectivity index (χ1) is 27.0. The van der Waals surface area contributed by atoms with Gasteiger partial charge in [-0.2, -0.15) is 15.0 Å². The quantitative estimate of drug-likeness (QED) is 0.0394. The van der Waals surface area contributed by atoms with Gasteiger partial charge >= 0.3 is 0 Å². The van der Waals surface area contributed by atoms with Crippen molar-refractivity contribution >= 4 is 41.0 Å². The average molecular weight is 739 g/mol. The largest absolute Gasteiger partial charge is 0.508 e. The maximum Gasteiger partial charge on any atom is 0.251 e. The SMILES string of the molecule is O=C(NCCOCCOCCNc1nc(Nc2ccc(O)cc2)nc(Nc2cccc(C(=O)NCc3ccccc3-c3ccccc3)c2)n1)c1ccccc1. The molecule has 0 fully saturated rings. The van der Waals surface area contributed by atoms with Crippen molar-refractivity contribution in [3.05, 3.63) is 150 Å². The molecule has 6 rings (SSSR count). The van der Waals surface area contributed by atoms with E-state index in [0.29, 0.717) is 74.5 Å². The molecule has 280 valence electrons. The highest BCUT2D eigenvalue weighted by Crippen LogP contribution is 2.24. The number of hydrogen-bond acceptors (Lipinski definition) is 11. The van der Waals surface area contributed by atoms with E-state index in [-0.39, 0.29) is 29.5 Å². The van der Waals surface area contributed by atoms with Gasteiger partial charge < -0.3 is 41.2 Å². The number of aromatic nitrogens is 3. The number of hydrogen-bond donors (Lipinski definition) is 6. The van der Waals surface area contributed by atoms with Gasteiger partial charge in [0.05, 0.1) is 26.4 Å². The molecule has 1 heterocycles. The van der Waals surface area contributed by atoms with E-state index in [1.165, 1.54) is 0 Å². The third-order valence-corrected chi connectivity index (χ3v) is 8.15. The normalized spacial score (nSPS) is 10.7. The molecular formula is C42H42N8O5. The van der Waals surface area contributed by atoms with Crippen molar-refractivity contribution in [2.75, 3.05) is 55.5 Å². The minimum Gasteiger partial charge on any atom is -0.508 e. The van der Waals surface area contributed by atoms with E-state index in [0.717, 1.165) is 16.7 Å². The summed E-state index contributed by atoms with van der Waals surface area (Å²) in [5, 5.41) is 25.1. The number of ether oxygens (including phenoxy) is 2. The second-order valence-corrected chi connectivity index (χ2v) is 12.2. The Kier molecular flexibility index (Phi) is 13.7. The van der Waals surface area contributed by atoms with Gasteiger partial charge in [0.2, 0.25) is 17.8 Å². The molecule has 0 bridgehead atoms. The zero-order chi connectivity index (χ0) is 38.1. The Morgan fingerprint density at radius 1 is 0.545 bits per heavy atom. The number of anilines is 5. The minimum atomic E-state index is -0.223. The number of carbonyl (C=O) groups is 2. The molecule has 2 amide bonds. The zero-order valence-corrected chi connectivity index (χ0v) is 30.1. The topological polar surface area (TPSA) is 172 Å². The van der Waals surface area contributed by atoms with Gasteiger partial charge in [-0.15, -0.1) is 0 Å². The summed E-state index contributed by atoms with van der Waals surface area (Å²) < 4.78 is 11.3. The van der Waals surface area contributed by atoms with Crippen LogP contribution in [-0.2, 0) is 16.0 Å². The fourth-order valence-electron chi connectivity index (χ4n) is 5.44. The third-order valence-electron chi connectivity index (χ3n) is 8.15. The highest BCUT2D eigenvalue weighted by Gasteiger charge is 2.12. The lowest BCUT2D eigenvalue weighted by molar-refractivity contribution is 0.0519. The molecule has 0 radical (unpaired) electrons. The Hall–Kier alpha value is -6.83. The molecule has 13 nitrogen and oxygen atoms in total. The highest BCUT2D eigenvalue weighted by atomic mass is 16.5. The number of phenolic OH excluding ortho intramolecular Hbond substituents is 1. The van der Waals surface area contributed by atoms with Crippen LogP contribution in [0.5, 0.6) is 5.75 Å². The van der Waals surface area contributed by atoms with Crippen molar-refractivity contribution in [3.63, 3.8) is 0 Å². The van der Waals surface area contributed by atoms with Crippen LogP contribution in [-0.4, -0.2) is 71.4 Å². The standard InChI is InChI=1S/C42H42N8O5/c51-36-20-18-34(19-21-36)46-41-48-40(44-23-25-55-27-26-54-24-22-43-38(52)31-12-5-2-6-13-31)49-42(50-41)47-35-16-9-15-32(28-35)39(53)45-29-33-14-7-8-17-37(33)30-10-3-1-4-11-30/h1-21,28,51H,22-27,29H2,(H,43,52)(H,45,53)(H3,44,46,47,48,49,50). The number of rotatable bonds is 19. The molecule has 1 aromatic heterocycles. The molecule has 0 aliphatic carbocycles. The Bertz CT molecular complexity index is 2140. The molecular weight excluding hydrogens is 697 g/mol. The average Bonchev–Trinajstić information content (AvgIpc) is 3.22. The summed E-state index contributed by atoms with van der Waals surface area (Å²) in [5.41, 5.74) is 5.50. The highest BCUT2D eigenvalue weighted by molar-refractivity contribution is 5.95. The van der Waals surface area contributed by atoms with E-state index in [1.807, 2.05) is 66.7 Å². The van der Waals surface area contributed by atoms with Gasteiger partial charge in [0, 0.05) is 42.1 Å². The first kappa shape index (κ1) is 37.9. The Morgan fingerprint density at radius 3 is 1.89 bits per heavy atom. The van der Waals surface area contributed by atoms with Gasteiger partial charge in [-0.1, -0.05) is 78.9 Å². The summed E-state index contributed by atoms with van der Waals surface area (Å²) in [5.74, 6) is 0.554. The number of amides is 2. The van der Waals surface area contributed by atoms with Crippen LogP contribution in [0.25, 0.3) is 11.1 Å². The predicted octanol–water partition coefficient (Wildman–Crippen LogP) is 6.54. The summed E-state index contributed by atoms with van der Waals surface area (Å²) in [4.78, 5) is 39.0. The van der Waals surface area contributed by atoms with Crippen molar-refractivity contribution in [2.45, 2.75) is 6.54 Å². The molecule has 0 spiro atoms. The monoisotopic (exact) mass is 738 g/mol. The van der Waals surface area contributed by atoms with Crippen molar-refractivity contribution < 1.29 is 24.2 Å². The molecule has 0 atom stereocenters. The molecule has 13 heteroatoms. The second-order valence-electron chi connectivity index (χ2n) is 12.2. The summed E-state index contributed by atoms with van der Waals surface area (Å²) >= 11 is 0. The van der Waals surface area contributed by atoms with Gasteiger partial charge in [-0.25, -0.2) is 0 Å². The Morgan fingerprint density at radius 2 is 1.15 bits per heavy atom. The van der Waals surface area contributed by atoms with Gasteiger partial charge in [-0.05, 0) is 71.3 Å². The molecule has 0 aliphatic rings. The van der Waals surface area contributed by atoms with Crippen LogP contribution >= 0.6 is 0 Å². The van der Waals surface area contributed by atoms with Crippen LogP contribution in [0, 0.1) is 0 Å².